The van der Waals surface area contributed by atoms with Gasteiger partial charge in [-0.1, -0.05) is 71.8 Å². The smallest absolute Gasteiger partial charge is 0.268 e. The molecule has 0 aliphatic carbocycles. The van der Waals surface area contributed by atoms with Crippen LogP contribution in [0.1, 0.15) is 33.4 Å². The van der Waals surface area contributed by atoms with Crippen molar-refractivity contribution in [2.24, 2.45) is 0 Å². The molecule has 1 aromatic heterocycles. The highest BCUT2D eigenvalue weighted by Gasteiger charge is 2.36. The Kier molecular flexibility index (Phi) is 9.64. The van der Waals surface area contributed by atoms with Crippen molar-refractivity contribution in [2.45, 2.75) is 51.3 Å². The maximum atomic E-state index is 15.6. The van der Waals surface area contributed by atoms with E-state index in [0.717, 1.165) is 32.9 Å². The molecular weight excluding hydrogens is 731 g/mol. The van der Waals surface area contributed by atoms with Crippen molar-refractivity contribution in [1.82, 2.24) is 4.57 Å². The van der Waals surface area contributed by atoms with Gasteiger partial charge < -0.3 is 14.0 Å². The molecule has 7 aromatic rings. The monoisotopic (exact) mass is 773 g/mol. The zero-order valence-corrected chi connectivity index (χ0v) is 33.7. The van der Waals surface area contributed by atoms with Gasteiger partial charge in [0.1, 0.15) is 11.5 Å². The molecule has 0 saturated heterocycles. The number of benzene rings is 6. The molecule has 0 saturated carbocycles. The van der Waals surface area contributed by atoms with Gasteiger partial charge >= 0.3 is 0 Å². The van der Waals surface area contributed by atoms with Gasteiger partial charge in [-0.2, -0.15) is 0 Å². The number of methoxy groups -OCH3 is 2. The first-order chi connectivity index (χ1) is 26.2. The van der Waals surface area contributed by atoms with Gasteiger partial charge in [-0.15, -0.1) is 0 Å². The Labute approximate surface area is 322 Å². The maximum absolute atomic E-state index is 15.6. The van der Waals surface area contributed by atoms with Crippen molar-refractivity contribution in [3.05, 3.63) is 143 Å². The van der Waals surface area contributed by atoms with Crippen molar-refractivity contribution < 1.29 is 26.3 Å². The molecular formula is C44H43N3O6S2. The molecule has 55 heavy (non-hydrogen) atoms. The van der Waals surface area contributed by atoms with E-state index in [1.54, 1.807) is 69.5 Å². The second kappa shape index (κ2) is 14.1. The standard InChI is InChI=1S/C44H43N3O6S2/c1-27-17-21-33(22-18-27)54(48,49)45-37-25-29(3)43(52-7)31(5)41(37)47(55(50,51)34-23-19-28(2)20-24-34)40-26-30(4)44(53-8)32(6)42(40)46-38-15-11-9-13-35(38)36-14-10-12-16-39(36)46/h9-26,45H,1-8H3. The number of hydrogen-bond acceptors (Lipinski definition) is 6. The Morgan fingerprint density at radius 3 is 1.58 bits per heavy atom. The van der Waals surface area contributed by atoms with Crippen LogP contribution in [0.2, 0.25) is 0 Å². The number of nitrogens with zero attached hydrogens (tertiary/aromatic N) is 2. The summed E-state index contributed by atoms with van der Waals surface area (Å²) >= 11 is 0. The van der Waals surface area contributed by atoms with Gasteiger partial charge in [-0.05, 0) is 101 Å². The van der Waals surface area contributed by atoms with Gasteiger partial charge in [-0.3, -0.25) is 4.72 Å². The SMILES string of the molecule is COc1c(C)cc(NS(=O)(=O)c2ccc(C)cc2)c(N(c2cc(C)c(OC)c(C)c2-n2c3ccccc3c3ccccc32)S(=O)(=O)c2ccc(C)cc2)c1C. The largest absolute Gasteiger partial charge is 0.496 e. The van der Waals surface area contributed by atoms with Crippen LogP contribution >= 0.6 is 0 Å². The van der Waals surface area contributed by atoms with Crippen molar-refractivity contribution in [3.8, 4) is 17.2 Å². The van der Waals surface area contributed by atoms with Crippen LogP contribution in [0.25, 0.3) is 27.5 Å². The molecule has 0 fully saturated rings. The summed E-state index contributed by atoms with van der Waals surface area (Å²) in [5, 5.41) is 1.96. The molecule has 11 heteroatoms. The first-order valence-corrected chi connectivity index (χ1v) is 20.7. The number of nitrogens with one attached hydrogen (secondary N) is 1. The first kappa shape index (κ1) is 37.5. The molecule has 0 aliphatic heterocycles. The van der Waals surface area contributed by atoms with Crippen molar-refractivity contribution in [3.63, 3.8) is 0 Å². The van der Waals surface area contributed by atoms with E-state index in [-0.39, 0.29) is 26.9 Å². The molecule has 0 aliphatic rings. The molecule has 1 heterocycles. The van der Waals surface area contributed by atoms with E-state index >= 15 is 8.42 Å². The number of aryl methyl sites for hydroxylation is 4. The Balaban J connectivity index is 1.66. The lowest BCUT2D eigenvalue weighted by Crippen LogP contribution is -2.30. The molecule has 6 aromatic carbocycles. The third-order valence-electron chi connectivity index (χ3n) is 10.1. The number of fused-ring (bicyclic) bond motifs is 3. The molecule has 0 spiro atoms. The van der Waals surface area contributed by atoms with Crippen LogP contribution in [0.4, 0.5) is 17.1 Å². The van der Waals surface area contributed by atoms with Crippen LogP contribution in [-0.4, -0.2) is 35.6 Å². The van der Waals surface area contributed by atoms with Gasteiger partial charge in [0.2, 0.25) is 0 Å². The van der Waals surface area contributed by atoms with Gasteiger partial charge in [0.05, 0.1) is 57.8 Å². The minimum Gasteiger partial charge on any atom is -0.496 e. The summed E-state index contributed by atoms with van der Waals surface area (Å²) in [6, 6.07) is 32.5. The Hall–Kier alpha value is -5.78. The van der Waals surface area contributed by atoms with Gasteiger partial charge in [0.25, 0.3) is 20.0 Å². The van der Waals surface area contributed by atoms with Gasteiger partial charge in [-0.25, -0.2) is 21.1 Å². The Morgan fingerprint density at radius 1 is 0.582 bits per heavy atom. The van der Waals surface area contributed by atoms with Crippen LogP contribution in [0.5, 0.6) is 11.5 Å². The summed E-state index contributed by atoms with van der Waals surface area (Å²) in [6.07, 6.45) is 0. The van der Waals surface area contributed by atoms with Crippen molar-refractivity contribution in [2.75, 3.05) is 23.2 Å². The number of rotatable bonds is 10. The summed E-state index contributed by atoms with van der Waals surface area (Å²) in [5.41, 5.74) is 6.86. The van der Waals surface area contributed by atoms with Gasteiger partial charge in [0, 0.05) is 21.9 Å². The summed E-state index contributed by atoms with van der Waals surface area (Å²) in [5.74, 6) is 1.00. The van der Waals surface area contributed by atoms with E-state index in [4.69, 9.17) is 9.47 Å². The Morgan fingerprint density at radius 2 is 1.05 bits per heavy atom. The summed E-state index contributed by atoms with van der Waals surface area (Å²) in [4.78, 5) is 0.0499. The average molecular weight is 774 g/mol. The highest BCUT2D eigenvalue weighted by molar-refractivity contribution is 7.93. The van der Waals surface area contributed by atoms with E-state index in [1.807, 2.05) is 76.2 Å². The second-order valence-corrected chi connectivity index (χ2v) is 17.3. The van der Waals surface area contributed by atoms with Crippen LogP contribution in [0, 0.1) is 41.5 Å². The molecule has 1 N–H and O–H groups in total. The normalized spacial score (nSPS) is 11.9. The second-order valence-electron chi connectivity index (χ2n) is 13.8. The fraction of sp³-hybridized carbons (Fsp3) is 0.182. The Bertz CT molecular complexity index is 2790. The fourth-order valence-electron chi connectivity index (χ4n) is 7.57. The number of hydrogen-bond donors (Lipinski definition) is 1. The summed E-state index contributed by atoms with van der Waals surface area (Å²) in [7, 11) is -5.62. The zero-order chi connectivity index (χ0) is 39.4. The van der Waals surface area contributed by atoms with E-state index in [9.17, 15) is 8.42 Å². The molecule has 282 valence electrons. The van der Waals surface area contributed by atoms with Crippen LogP contribution in [0.15, 0.2) is 119 Å². The predicted octanol–water partition coefficient (Wildman–Crippen LogP) is 9.98. The van der Waals surface area contributed by atoms with E-state index in [1.165, 1.54) is 23.5 Å². The lowest BCUT2D eigenvalue weighted by molar-refractivity contribution is 0.408. The number of anilines is 3. The number of ether oxygens (including phenoxy) is 2. The highest BCUT2D eigenvalue weighted by Crippen LogP contribution is 2.50. The summed E-state index contributed by atoms with van der Waals surface area (Å²) < 4.78 is 77.5. The van der Waals surface area contributed by atoms with Crippen molar-refractivity contribution >= 4 is 58.9 Å². The number of aromatic nitrogens is 1. The molecule has 0 bridgehead atoms. The molecule has 0 radical (unpaired) electrons. The number of para-hydroxylation sites is 2. The lowest BCUT2D eigenvalue weighted by atomic mass is 10.0. The number of sulfonamides is 2. The van der Waals surface area contributed by atoms with Crippen LogP contribution < -0.4 is 18.5 Å². The fourth-order valence-corrected chi connectivity index (χ4v) is 10.2. The topological polar surface area (TPSA) is 107 Å². The molecule has 7 rings (SSSR count). The molecule has 9 nitrogen and oxygen atoms in total. The van der Waals surface area contributed by atoms with Crippen LogP contribution in [0.3, 0.4) is 0 Å². The minimum absolute atomic E-state index is 0.0173. The average Bonchev–Trinajstić information content (AvgIpc) is 3.47. The lowest BCUT2D eigenvalue weighted by Gasteiger charge is -2.33. The highest BCUT2D eigenvalue weighted by atomic mass is 32.2. The first-order valence-electron chi connectivity index (χ1n) is 17.8. The maximum Gasteiger partial charge on any atom is 0.268 e. The molecule has 0 unspecified atom stereocenters. The minimum atomic E-state index is -4.52. The van der Waals surface area contributed by atoms with Gasteiger partial charge in [0.15, 0.2) is 0 Å². The van der Waals surface area contributed by atoms with E-state index in [0.29, 0.717) is 39.4 Å². The third kappa shape index (κ3) is 6.36. The van der Waals surface area contributed by atoms with E-state index in [2.05, 4.69) is 9.29 Å². The summed E-state index contributed by atoms with van der Waals surface area (Å²) in [6.45, 7) is 11.1. The van der Waals surface area contributed by atoms with Crippen LogP contribution in [-0.2, 0) is 20.0 Å². The third-order valence-corrected chi connectivity index (χ3v) is 13.2. The predicted molar refractivity (Wildman–Crippen MR) is 222 cm³/mol. The zero-order valence-electron chi connectivity index (χ0n) is 32.1. The molecule has 0 atom stereocenters. The van der Waals surface area contributed by atoms with Crippen molar-refractivity contribution in [1.29, 1.82) is 0 Å². The van der Waals surface area contributed by atoms with E-state index < -0.39 is 20.0 Å². The molecule has 0 amide bonds. The quantitative estimate of drug-likeness (QED) is 0.148.